The Morgan fingerprint density at radius 2 is 2.12 bits per heavy atom. The molecule has 0 radical (unpaired) electrons. The van der Waals surface area contributed by atoms with E-state index in [1.165, 1.54) is 22.2 Å². The fourth-order valence-corrected chi connectivity index (χ4v) is 6.56. The lowest BCUT2D eigenvalue weighted by Gasteiger charge is -2.35. The van der Waals surface area contributed by atoms with Crippen LogP contribution in [0.1, 0.15) is 38.6 Å². The largest absolute Gasteiger partial charge is 0.490 e. The summed E-state index contributed by atoms with van der Waals surface area (Å²) in [5, 5.41) is 5.40. The first-order valence-electron chi connectivity index (χ1n) is 10.2. The predicted molar refractivity (Wildman–Crippen MR) is 126 cm³/mol. The van der Waals surface area contributed by atoms with E-state index in [-0.39, 0.29) is 25.5 Å². The van der Waals surface area contributed by atoms with Crippen LogP contribution in [0.4, 0.5) is 0 Å². The van der Waals surface area contributed by atoms with E-state index in [1.807, 2.05) is 36.6 Å². The van der Waals surface area contributed by atoms with Crippen molar-refractivity contribution in [2.45, 2.75) is 45.1 Å². The highest BCUT2D eigenvalue weighted by Crippen LogP contribution is 2.40. The summed E-state index contributed by atoms with van der Waals surface area (Å²) in [5.74, 6) is 0.185. The molecule has 0 bridgehead atoms. The van der Waals surface area contributed by atoms with Crippen LogP contribution < -0.4 is 5.32 Å². The SMILES string of the molecule is CC(=O)NCc1cc2ccccc2n1S(=O)(=O)C1(C)CC=CC(C)=C1OCc1cscn1. The normalized spacial score (nSPS) is 18.8. The Hall–Kier alpha value is -2.91. The molecule has 1 aromatic carbocycles. The van der Waals surface area contributed by atoms with Gasteiger partial charge in [0.1, 0.15) is 17.1 Å². The number of hydrogen-bond donors (Lipinski definition) is 1. The molecule has 0 saturated carbocycles. The number of para-hydroxylation sites is 1. The third kappa shape index (κ3) is 3.86. The van der Waals surface area contributed by atoms with Gasteiger partial charge in [0.2, 0.25) is 5.91 Å². The smallest absolute Gasteiger partial charge is 0.252 e. The minimum atomic E-state index is -3.98. The summed E-state index contributed by atoms with van der Waals surface area (Å²) in [6, 6.07) is 9.11. The predicted octanol–water partition coefficient (Wildman–Crippen LogP) is 4.12. The van der Waals surface area contributed by atoms with Crippen LogP contribution in [0.2, 0.25) is 0 Å². The van der Waals surface area contributed by atoms with Crippen LogP contribution >= 0.6 is 11.3 Å². The van der Waals surface area contributed by atoms with E-state index in [0.717, 1.165) is 16.7 Å². The minimum absolute atomic E-state index is 0.104. The van der Waals surface area contributed by atoms with E-state index in [2.05, 4.69) is 10.3 Å². The summed E-state index contributed by atoms with van der Waals surface area (Å²) in [4.78, 5) is 15.8. The number of allylic oxidation sites excluding steroid dienone is 3. The summed E-state index contributed by atoms with van der Waals surface area (Å²) in [7, 11) is -3.98. The van der Waals surface area contributed by atoms with Crippen molar-refractivity contribution in [2.75, 3.05) is 0 Å². The molecule has 2 aromatic heterocycles. The lowest BCUT2D eigenvalue weighted by atomic mass is 9.95. The van der Waals surface area contributed by atoms with Crippen LogP contribution in [0, 0.1) is 0 Å². The number of carbonyl (C=O) groups excluding carboxylic acids is 1. The van der Waals surface area contributed by atoms with Crippen LogP contribution in [0.25, 0.3) is 10.9 Å². The number of nitrogens with one attached hydrogen (secondary N) is 1. The maximum absolute atomic E-state index is 14.3. The van der Waals surface area contributed by atoms with Gasteiger partial charge in [-0.3, -0.25) is 4.79 Å². The Morgan fingerprint density at radius 1 is 1.34 bits per heavy atom. The van der Waals surface area contributed by atoms with Crippen molar-refractivity contribution in [1.29, 1.82) is 0 Å². The van der Waals surface area contributed by atoms with Crippen molar-refractivity contribution < 1.29 is 17.9 Å². The summed E-state index contributed by atoms with van der Waals surface area (Å²) in [6.07, 6.45) is 4.02. The summed E-state index contributed by atoms with van der Waals surface area (Å²) < 4.78 is 34.6. The molecule has 0 fully saturated rings. The van der Waals surface area contributed by atoms with Crippen molar-refractivity contribution in [3.63, 3.8) is 0 Å². The van der Waals surface area contributed by atoms with E-state index in [4.69, 9.17) is 4.74 Å². The Bertz CT molecular complexity index is 1320. The van der Waals surface area contributed by atoms with Gasteiger partial charge in [0.25, 0.3) is 10.0 Å². The number of ether oxygens (including phenoxy) is 1. The Balaban J connectivity index is 1.82. The average molecular weight is 472 g/mol. The zero-order valence-electron chi connectivity index (χ0n) is 18.2. The molecule has 3 aromatic rings. The number of benzene rings is 1. The second-order valence-corrected chi connectivity index (χ2v) is 10.9. The van der Waals surface area contributed by atoms with E-state index in [0.29, 0.717) is 17.0 Å². The van der Waals surface area contributed by atoms with Gasteiger partial charge in [0.15, 0.2) is 0 Å². The Kier molecular flexibility index (Phi) is 5.96. The number of rotatable bonds is 7. The first-order chi connectivity index (χ1) is 15.2. The highest BCUT2D eigenvalue weighted by atomic mass is 32.2. The minimum Gasteiger partial charge on any atom is -0.490 e. The van der Waals surface area contributed by atoms with Gasteiger partial charge in [-0.25, -0.2) is 17.4 Å². The van der Waals surface area contributed by atoms with Gasteiger partial charge in [0.05, 0.1) is 29.0 Å². The Labute approximate surface area is 191 Å². The molecule has 7 nitrogen and oxygen atoms in total. The second-order valence-electron chi connectivity index (χ2n) is 7.99. The second kappa shape index (κ2) is 8.55. The molecule has 0 aliphatic heterocycles. The number of amides is 1. The molecule has 1 aliphatic rings. The average Bonchev–Trinajstić information content (AvgIpc) is 3.39. The maximum Gasteiger partial charge on any atom is 0.252 e. The first-order valence-corrected chi connectivity index (χ1v) is 12.6. The molecular formula is C23H25N3O4S2. The van der Waals surface area contributed by atoms with Crippen LogP contribution in [-0.4, -0.2) is 28.0 Å². The summed E-state index contributed by atoms with van der Waals surface area (Å²) in [6.45, 7) is 5.26. The standard InChI is InChI=1S/C23H25N3O4S2/c1-16-7-6-10-23(3,22(16)30-13-19-14-31-15-25-19)32(28,29)26-20(12-24-17(2)27)11-18-8-4-5-9-21(18)26/h4-9,11,14-15H,10,12-13H2,1-3H3,(H,24,27). The van der Waals surface area contributed by atoms with Gasteiger partial charge < -0.3 is 10.1 Å². The highest BCUT2D eigenvalue weighted by Gasteiger charge is 2.47. The van der Waals surface area contributed by atoms with Crippen molar-refractivity contribution in [1.82, 2.24) is 14.3 Å². The van der Waals surface area contributed by atoms with E-state index in [9.17, 15) is 13.2 Å². The number of hydrogen-bond acceptors (Lipinski definition) is 6. The quantitative estimate of drug-likeness (QED) is 0.560. The molecule has 168 valence electrons. The van der Waals surface area contributed by atoms with Crippen molar-refractivity contribution >= 4 is 38.2 Å². The molecule has 1 amide bonds. The molecule has 9 heteroatoms. The number of fused-ring (bicyclic) bond motifs is 1. The molecular weight excluding hydrogens is 446 g/mol. The lowest BCUT2D eigenvalue weighted by molar-refractivity contribution is -0.119. The van der Waals surface area contributed by atoms with Crippen molar-refractivity contribution in [3.8, 4) is 0 Å². The fourth-order valence-electron chi connectivity index (χ4n) is 4.00. The molecule has 1 unspecified atom stereocenters. The number of aromatic nitrogens is 2. The Morgan fingerprint density at radius 3 is 2.84 bits per heavy atom. The van der Waals surface area contributed by atoms with E-state index >= 15 is 0 Å². The number of nitrogens with zero attached hydrogens (tertiary/aromatic N) is 2. The molecule has 0 spiro atoms. The molecule has 1 aliphatic carbocycles. The van der Waals surface area contributed by atoms with E-state index < -0.39 is 14.8 Å². The fraction of sp³-hybridized carbons (Fsp3) is 0.304. The van der Waals surface area contributed by atoms with Gasteiger partial charge >= 0.3 is 0 Å². The molecule has 32 heavy (non-hydrogen) atoms. The van der Waals surface area contributed by atoms with Crippen LogP contribution in [0.3, 0.4) is 0 Å². The molecule has 4 rings (SSSR count). The van der Waals surface area contributed by atoms with Crippen LogP contribution in [0.15, 0.2) is 64.7 Å². The first kappa shape index (κ1) is 22.3. The molecule has 2 heterocycles. The van der Waals surface area contributed by atoms with Gasteiger partial charge in [-0.1, -0.05) is 30.4 Å². The van der Waals surface area contributed by atoms with E-state index in [1.54, 1.807) is 30.6 Å². The van der Waals surface area contributed by atoms with Crippen molar-refractivity contribution in [3.05, 3.63) is 76.1 Å². The third-order valence-electron chi connectivity index (χ3n) is 5.63. The molecule has 0 saturated heterocycles. The topological polar surface area (TPSA) is 90.3 Å². The van der Waals surface area contributed by atoms with Gasteiger partial charge in [-0.15, -0.1) is 11.3 Å². The monoisotopic (exact) mass is 471 g/mol. The van der Waals surface area contributed by atoms with Gasteiger partial charge in [-0.05, 0) is 38.0 Å². The van der Waals surface area contributed by atoms with Gasteiger partial charge in [0, 0.05) is 17.7 Å². The molecule has 1 atom stereocenters. The zero-order valence-corrected chi connectivity index (χ0v) is 19.8. The molecule has 1 N–H and O–H groups in total. The highest BCUT2D eigenvalue weighted by molar-refractivity contribution is 7.91. The van der Waals surface area contributed by atoms with Crippen molar-refractivity contribution in [2.24, 2.45) is 0 Å². The lowest BCUT2D eigenvalue weighted by Crippen LogP contribution is -2.44. The third-order valence-corrected chi connectivity index (χ3v) is 8.67. The van der Waals surface area contributed by atoms with Crippen LogP contribution in [0.5, 0.6) is 0 Å². The zero-order chi connectivity index (χ0) is 22.9. The van der Waals surface area contributed by atoms with Crippen LogP contribution in [-0.2, 0) is 32.7 Å². The summed E-state index contributed by atoms with van der Waals surface area (Å²) in [5.41, 5.74) is 4.30. The maximum atomic E-state index is 14.3. The summed E-state index contributed by atoms with van der Waals surface area (Å²) >= 11 is 1.46. The number of thiazole rings is 1. The number of carbonyl (C=O) groups is 1. The van der Waals surface area contributed by atoms with Gasteiger partial charge in [-0.2, -0.15) is 0 Å².